The predicted molar refractivity (Wildman–Crippen MR) is 114 cm³/mol. The van der Waals surface area contributed by atoms with E-state index in [0.29, 0.717) is 11.3 Å². The number of hydrogen-bond acceptors (Lipinski definition) is 8. The van der Waals surface area contributed by atoms with Crippen molar-refractivity contribution in [1.29, 1.82) is 0 Å². The van der Waals surface area contributed by atoms with Gasteiger partial charge >= 0.3 is 5.97 Å². The van der Waals surface area contributed by atoms with Crippen LogP contribution in [-0.2, 0) is 19.6 Å². The summed E-state index contributed by atoms with van der Waals surface area (Å²) in [5.74, 6) is -0.0258. The third-order valence-electron chi connectivity index (χ3n) is 3.80. The average molecular weight is 448 g/mol. The summed E-state index contributed by atoms with van der Waals surface area (Å²) in [4.78, 5) is 11.8. The average Bonchev–Trinajstić information content (AvgIpc) is 3.15. The van der Waals surface area contributed by atoms with Crippen LogP contribution in [0.3, 0.4) is 0 Å². The highest BCUT2D eigenvalue weighted by Crippen LogP contribution is 2.25. The molecule has 0 saturated carbocycles. The monoisotopic (exact) mass is 447 g/mol. The van der Waals surface area contributed by atoms with Crippen molar-refractivity contribution in [3.05, 3.63) is 54.1 Å². The Bertz CT molecular complexity index is 1110. The topological polar surface area (TPSA) is 111 Å². The third kappa shape index (κ3) is 5.83. The van der Waals surface area contributed by atoms with Gasteiger partial charge in [-0.3, -0.25) is 9.52 Å². The highest BCUT2D eigenvalue weighted by Gasteiger charge is 2.15. The zero-order chi connectivity index (χ0) is 21.7. The van der Waals surface area contributed by atoms with Crippen molar-refractivity contribution in [3.63, 3.8) is 0 Å². The number of thioether (sulfide) groups is 1. The number of aromatic nitrogens is 2. The fraction of sp³-hybridized carbons (Fsp3) is 0.250. The molecule has 0 spiro atoms. The summed E-state index contributed by atoms with van der Waals surface area (Å²) in [5.41, 5.74) is 2.01. The summed E-state index contributed by atoms with van der Waals surface area (Å²) in [7, 11) is -3.68. The number of carbonyl (C=O) groups excluding carboxylic acids is 1. The molecule has 3 rings (SSSR count). The Balaban J connectivity index is 1.64. The summed E-state index contributed by atoms with van der Waals surface area (Å²) in [6, 6.07) is 13.2. The number of carbonyl (C=O) groups is 1. The molecule has 1 aromatic heterocycles. The Morgan fingerprint density at radius 2 is 1.77 bits per heavy atom. The van der Waals surface area contributed by atoms with Gasteiger partial charge in [0.2, 0.25) is 5.89 Å². The lowest BCUT2D eigenvalue weighted by atomic mass is 10.2. The second kappa shape index (κ2) is 9.31. The molecule has 0 fully saturated rings. The molecule has 0 amide bonds. The predicted octanol–water partition coefficient (Wildman–Crippen LogP) is 3.89. The van der Waals surface area contributed by atoms with Gasteiger partial charge in [0, 0.05) is 11.3 Å². The zero-order valence-corrected chi connectivity index (χ0v) is 18.3. The summed E-state index contributed by atoms with van der Waals surface area (Å²) in [6.07, 6.45) is -0.182. The fourth-order valence-corrected chi connectivity index (χ4v) is 4.02. The smallest absolute Gasteiger partial charge is 0.316 e. The number of anilines is 1. The van der Waals surface area contributed by atoms with E-state index < -0.39 is 10.0 Å². The zero-order valence-electron chi connectivity index (χ0n) is 16.7. The van der Waals surface area contributed by atoms with E-state index in [9.17, 15) is 13.2 Å². The molecule has 0 atom stereocenters. The molecule has 10 heteroatoms. The third-order valence-corrected chi connectivity index (χ3v) is 5.99. The minimum atomic E-state index is -3.68. The van der Waals surface area contributed by atoms with Crippen molar-refractivity contribution in [2.24, 2.45) is 0 Å². The molecule has 0 aliphatic carbocycles. The molecule has 158 valence electrons. The normalized spacial score (nSPS) is 11.5. The number of nitrogens with one attached hydrogen (secondary N) is 1. The Kier molecular flexibility index (Phi) is 6.78. The van der Waals surface area contributed by atoms with Crippen molar-refractivity contribution in [2.45, 2.75) is 37.0 Å². The Morgan fingerprint density at radius 3 is 2.40 bits per heavy atom. The summed E-state index contributed by atoms with van der Waals surface area (Å²) >= 11 is 1.09. The number of hydrogen-bond donors (Lipinski definition) is 1. The van der Waals surface area contributed by atoms with E-state index in [1.54, 1.807) is 62.4 Å². The number of esters is 1. The van der Waals surface area contributed by atoms with Crippen LogP contribution in [-0.4, -0.2) is 36.4 Å². The van der Waals surface area contributed by atoms with Crippen LogP contribution >= 0.6 is 11.8 Å². The van der Waals surface area contributed by atoms with Gasteiger partial charge in [-0.15, -0.1) is 10.2 Å². The fourth-order valence-electron chi connectivity index (χ4n) is 2.41. The molecule has 0 unspecified atom stereocenters. The summed E-state index contributed by atoms with van der Waals surface area (Å²) in [5, 5.41) is 8.10. The van der Waals surface area contributed by atoms with Crippen LogP contribution in [0.15, 0.2) is 63.1 Å². The van der Waals surface area contributed by atoms with Crippen LogP contribution < -0.4 is 4.72 Å². The molecular formula is C20H21N3O5S2. The van der Waals surface area contributed by atoms with E-state index in [2.05, 4.69) is 14.9 Å². The molecule has 8 nitrogen and oxygen atoms in total. The van der Waals surface area contributed by atoms with E-state index in [0.717, 1.165) is 17.3 Å². The molecule has 1 heterocycles. The van der Waals surface area contributed by atoms with E-state index in [1.165, 1.54) is 0 Å². The highest BCUT2D eigenvalue weighted by molar-refractivity contribution is 7.99. The highest BCUT2D eigenvalue weighted by atomic mass is 32.2. The van der Waals surface area contributed by atoms with Gasteiger partial charge in [0.05, 0.1) is 11.0 Å². The van der Waals surface area contributed by atoms with E-state index in [4.69, 9.17) is 9.15 Å². The van der Waals surface area contributed by atoms with Gasteiger partial charge in [0.15, 0.2) is 0 Å². The number of sulfonamides is 1. The molecule has 0 saturated heterocycles. The lowest BCUT2D eigenvalue weighted by molar-refractivity contribution is -0.144. The van der Waals surface area contributed by atoms with Gasteiger partial charge in [-0.1, -0.05) is 29.5 Å². The molecule has 1 N–H and O–H groups in total. The maximum absolute atomic E-state index is 12.5. The number of rotatable bonds is 8. The standard InChI is InChI=1S/C20H21N3O5S2/c1-13(2)27-18(24)12-29-20-22-21-19(28-20)15-6-8-16(9-7-15)23-30(25,26)17-10-4-14(3)5-11-17/h4-11,13,23H,12H2,1-3H3. The first-order chi connectivity index (χ1) is 14.2. The van der Waals surface area contributed by atoms with Crippen molar-refractivity contribution in [1.82, 2.24) is 10.2 Å². The lowest BCUT2D eigenvalue weighted by Crippen LogP contribution is -2.13. The van der Waals surface area contributed by atoms with Crippen LogP contribution in [0.25, 0.3) is 11.5 Å². The molecule has 0 bridgehead atoms. The van der Waals surface area contributed by atoms with Crippen molar-refractivity contribution >= 4 is 33.4 Å². The molecule has 2 aromatic carbocycles. The second-order valence-corrected chi connectivity index (χ2v) is 9.31. The minimum Gasteiger partial charge on any atom is -0.462 e. The van der Waals surface area contributed by atoms with E-state index in [1.807, 2.05) is 6.92 Å². The first-order valence-electron chi connectivity index (χ1n) is 9.08. The lowest BCUT2D eigenvalue weighted by Gasteiger charge is -2.08. The Labute approximate surface area is 179 Å². The number of aryl methyl sites for hydroxylation is 1. The molecule has 30 heavy (non-hydrogen) atoms. The van der Waals surface area contributed by atoms with Gasteiger partial charge in [-0.05, 0) is 57.2 Å². The summed E-state index contributed by atoms with van der Waals surface area (Å²) in [6.45, 7) is 5.44. The van der Waals surface area contributed by atoms with Crippen LogP contribution in [0.1, 0.15) is 19.4 Å². The quantitative estimate of drug-likeness (QED) is 0.409. The van der Waals surface area contributed by atoms with Gasteiger partial charge < -0.3 is 9.15 Å². The number of ether oxygens (including phenoxy) is 1. The van der Waals surface area contributed by atoms with Crippen LogP contribution in [0.5, 0.6) is 0 Å². The van der Waals surface area contributed by atoms with Gasteiger partial charge in [0.1, 0.15) is 5.75 Å². The number of nitrogens with zero attached hydrogens (tertiary/aromatic N) is 2. The number of benzene rings is 2. The molecule has 0 radical (unpaired) electrons. The second-order valence-electron chi connectivity index (χ2n) is 6.70. The molecule has 0 aliphatic heterocycles. The van der Waals surface area contributed by atoms with Crippen LogP contribution in [0.2, 0.25) is 0 Å². The first kappa shape index (κ1) is 21.8. The van der Waals surface area contributed by atoms with Crippen molar-refractivity contribution < 1.29 is 22.4 Å². The Hall–Kier alpha value is -2.85. The van der Waals surface area contributed by atoms with Crippen LogP contribution in [0.4, 0.5) is 5.69 Å². The van der Waals surface area contributed by atoms with Crippen molar-refractivity contribution in [2.75, 3.05) is 10.5 Å². The Morgan fingerprint density at radius 1 is 1.10 bits per heavy atom. The molecular weight excluding hydrogens is 426 g/mol. The maximum atomic E-state index is 12.5. The summed E-state index contributed by atoms with van der Waals surface area (Å²) < 4.78 is 38.1. The molecule has 0 aliphatic rings. The minimum absolute atomic E-state index is 0.0690. The SMILES string of the molecule is Cc1ccc(S(=O)(=O)Nc2ccc(-c3nnc(SCC(=O)OC(C)C)o3)cc2)cc1. The van der Waals surface area contributed by atoms with Gasteiger partial charge in [0.25, 0.3) is 15.2 Å². The van der Waals surface area contributed by atoms with E-state index >= 15 is 0 Å². The molecule has 3 aromatic rings. The first-order valence-corrected chi connectivity index (χ1v) is 11.6. The van der Waals surface area contributed by atoms with Crippen LogP contribution in [0, 0.1) is 6.92 Å². The maximum Gasteiger partial charge on any atom is 0.316 e. The largest absolute Gasteiger partial charge is 0.462 e. The van der Waals surface area contributed by atoms with Gasteiger partial charge in [-0.25, -0.2) is 8.42 Å². The van der Waals surface area contributed by atoms with E-state index in [-0.39, 0.29) is 33.8 Å². The van der Waals surface area contributed by atoms with Gasteiger partial charge in [-0.2, -0.15) is 0 Å². The van der Waals surface area contributed by atoms with Crippen molar-refractivity contribution in [3.8, 4) is 11.5 Å².